The van der Waals surface area contributed by atoms with E-state index in [0.29, 0.717) is 11.1 Å². The van der Waals surface area contributed by atoms with Gasteiger partial charge in [-0.2, -0.15) is 17.6 Å². The molecule has 0 aliphatic heterocycles. The topological polar surface area (TPSA) is 18.5 Å². The fraction of sp³-hybridized carbons (Fsp3) is 0.400. The third-order valence-corrected chi connectivity index (χ3v) is 7.81. The molecule has 0 amide bonds. The van der Waals surface area contributed by atoms with Gasteiger partial charge in [-0.15, -0.1) is 0 Å². The number of hydrogen-bond acceptors (Lipinski definition) is 2. The first-order valence-corrected chi connectivity index (χ1v) is 16.8. The van der Waals surface area contributed by atoms with Crippen molar-refractivity contribution in [1.29, 1.82) is 0 Å². The van der Waals surface area contributed by atoms with Crippen LogP contribution in [0, 0.1) is 41.8 Å². The number of benzene rings is 4. The van der Waals surface area contributed by atoms with Crippen LogP contribution < -0.4 is 9.47 Å². The maximum atomic E-state index is 13.3. The van der Waals surface area contributed by atoms with Gasteiger partial charge in [0, 0.05) is 5.56 Å². The molecular weight excluding hydrogens is 738 g/mol. The van der Waals surface area contributed by atoms with Crippen LogP contribution >= 0.6 is 11.6 Å². The average Bonchev–Trinajstić information content (AvgIpc) is 3.04. The van der Waals surface area contributed by atoms with Gasteiger partial charge in [-0.3, -0.25) is 0 Å². The highest BCUT2D eigenvalue weighted by Crippen LogP contribution is 2.30. The maximum absolute atomic E-state index is 13.3. The van der Waals surface area contributed by atoms with Crippen LogP contribution in [0.15, 0.2) is 60.7 Å². The summed E-state index contributed by atoms with van der Waals surface area (Å²) in [6.45, 7) is 12.5. The minimum Gasteiger partial charge on any atom is -0.433 e. The van der Waals surface area contributed by atoms with Crippen LogP contribution in [0.5, 0.6) is 11.5 Å². The van der Waals surface area contributed by atoms with Crippen LogP contribution in [0.2, 0.25) is 5.02 Å². The normalized spacial score (nSPS) is 11.2. The fourth-order valence-corrected chi connectivity index (χ4v) is 4.41. The molecular formula is C40H45ClF10O2. The van der Waals surface area contributed by atoms with E-state index in [-0.39, 0.29) is 39.5 Å². The Morgan fingerprint density at radius 1 is 0.528 bits per heavy atom. The van der Waals surface area contributed by atoms with Gasteiger partial charge in [-0.05, 0) is 94.8 Å². The highest BCUT2D eigenvalue weighted by molar-refractivity contribution is 6.32. The van der Waals surface area contributed by atoms with Crippen LogP contribution in [-0.4, -0.2) is 13.2 Å². The zero-order valence-corrected chi connectivity index (χ0v) is 31.9. The minimum absolute atomic E-state index is 0.0351. The number of halogens is 11. The molecule has 0 aromatic heterocycles. The molecule has 2 nitrogen and oxygen atoms in total. The molecule has 0 fully saturated rings. The van der Waals surface area contributed by atoms with Crippen molar-refractivity contribution in [2.45, 2.75) is 106 Å². The lowest BCUT2D eigenvalue weighted by molar-refractivity contribution is -0.0524. The molecule has 13 heteroatoms. The van der Waals surface area contributed by atoms with Crippen molar-refractivity contribution >= 4 is 11.6 Å². The third kappa shape index (κ3) is 15.5. The summed E-state index contributed by atoms with van der Waals surface area (Å²) in [4.78, 5) is 0. The van der Waals surface area contributed by atoms with Gasteiger partial charge in [-0.25, -0.2) is 26.3 Å². The van der Waals surface area contributed by atoms with E-state index in [2.05, 4.69) is 9.47 Å². The van der Waals surface area contributed by atoms with Crippen LogP contribution in [0.1, 0.15) is 108 Å². The lowest BCUT2D eigenvalue weighted by Gasteiger charge is -2.19. The molecule has 4 aromatic carbocycles. The third-order valence-electron chi connectivity index (χ3n) is 7.50. The zero-order valence-electron chi connectivity index (χ0n) is 31.1. The fourth-order valence-electron chi connectivity index (χ4n) is 4.25. The second-order valence-electron chi connectivity index (χ2n) is 13.7. The predicted octanol–water partition coefficient (Wildman–Crippen LogP) is 14.4. The van der Waals surface area contributed by atoms with Crippen molar-refractivity contribution in [2.24, 2.45) is 0 Å². The number of alkyl halides is 4. The Balaban J connectivity index is 0.000000354. The van der Waals surface area contributed by atoms with Gasteiger partial charge in [0.1, 0.15) is 17.4 Å². The highest BCUT2D eigenvalue weighted by atomic mass is 35.5. The van der Waals surface area contributed by atoms with E-state index < -0.39 is 53.9 Å². The molecule has 4 aromatic rings. The first-order valence-electron chi connectivity index (χ1n) is 16.4. The molecule has 53 heavy (non-hydrogen) atoms. The highest BCUT2D eigenvalue weighted by Gasteiger charge is 2.19. The van der Waals surface area contributed by atoms with E-state index >= 15 is 0 Å². The molecule has 0 aliphatic rings. The summed E-state index contributed by atoms with van der Waals surface area (Å²) >= 11 is 5.69. The SMILES string of the molecule is CC(C)(C)c1cc(F)c(F)c(F)c1.CC(C)c1ccc(Cl)c(OC(F)F)c1.CC(C)c1ccc(F)c(OC(F)F)c1.Cc1c(F)ccc(C(C)C)c1F. The Bertz CT molecular complexity index is 1670. The number of hydrogen-bond donors (Lipinski definition) is 0. The Morgan fingerprint density at radius 2 is 0.962 bits per heavy atom. The van der Waals surface area contributed by atoms with Crippen LogP contribution in [0.4, 0.5) is 43.9 Å². The van der Waals surface area contributed by atoms with Gasteiger partial charge >= 0.3 is 13.2 Å². The molecule has 0 atom stereocenters. The Hall–Kier alpha value is -3.93. The monoisotopic (exact) mass is 782 g/mol. The second-order valence-corrected chi connectivity index (χ2v) is 14.1. The van der Waals surface area contributed by atoms with Crippen molar-refractivity contribution in [1.82, 2.24) is 0 Å². The van der Waals surface area contributed by atoms with E-state index in [9.17, 15) is 43.9 Å². The Morgan fingerprint density at radius 3 is 1.40 bits per heavy atom. The summed E-state index contributed by atoms with van der Waals surface area (Å²) < 4.78 is 133. The minimum atomic E-state index is -2.99. The van der Waals surface area contributed by atoms with E-state index in [1.807, 2.05) is 41.5 Å². The zero-order chi connectivity index (χ0) is 41.0. The van der Waals surface area contributed by atoms with Crippen LogP contribution in [-0.2, 0) is 5.41 Å². The first-order chi connectivity index (χ1) is 24.4. The van der Waals surface area contributed by atoms with Crippen LogP contribution in [0.25, 0.3) is 0 Å². The van der Waals surface area contributed by atoms with Crippen molar-refractivity contribution in [3.8, 4) is 11.5 Å². The van der Waals surface area contributed by atoms with Gasteiger partial charge in [-0.1, -0.05) is 92.1 Å². The average molecular weight is 783 g/mol. The first kappa shape index (κ1) is 47.1. The molecule has 0 saturated heterocycles. The molecule has 0 radical (unpaired) electrons. The maximum Gasteiger partial charge on any atom is 0.387 e. The molecule has 0 spiro atoms. The smallest absolute Gasteiger partial charge is 0.387 e. The summed E-state index contributed by atoms with van der Waals surface area (Å²) in [7, 11) is 0. The largest absolute Gasteiger partial charge is 0.433 e. The molecule has 0 heterocycles. The molecule has 0 N–H and O–H groups in total. The summed E-state index contributed by atoms with van der Waals surface area (Å²) in [6.07, 6.45) is 0. The van der Waals surface area contributed by atoms with E-state index in [1.165, 1.54) is 25.1 Å². The summed E-state index contributed by atoms with van der Waals surface area (Å²) in [6, 6.07) is 13.8. The summed E-state index contributed by atoms with van der Waals surface area (Å²) in [5.41, 5.74) is 2.45. The van der Waals surface area contributed by atoms with E-state index in [4.69, 9.17) is 11.6 Å². The Labute approximate surface area is 310 Å². The van der Waals surface area contributed by atoms with Gasteiger partial charge in [0.05, 0.1) is 5.02 Å². The summed E-state index contributed by atoms with van der Waals surface area (Å²) in [5.74, 6) is -5.19. The van der Waals surface area contributed by atoms with Gasteiger partial charge in [0.25, 0.3) is 0 Å². The molecule has 0 bridgehead atoms. The standard InChI is InChI=1S/C10H11ClF2O.C10H11F3O.C10H11F3.C10H12F2/c2*1-6(2)7-3-4-8(11)9(5-7)14-10(12)13;1-10(2,3)6-4-7(11)9(13)8(12)5-6;1-6(2)8-4-5-9(11)7(3)10(8)12/h2*3-6,10H,1-2H3;4-5H,1-3H3;4-6H,1-3H3. The second kappa shape index (κ2) is 21.1. The van der Waals surface area contributed by atoms with Gasteiger partial charge < -0.3 is 9.47 Å². The van der Waals surface area contributed by atoms with Crippen molar-refractivity contribution in [3.05, 3.63) is 128 Å². The van der Waals surface area contributed by atoms with Gasteiger partial charge in [0.15, 0.2) is 29.0 Å². The van der Waals surface area contributed by atoms with E-state index in [0.717, 1.165) is 29.3 Å². The lowest BCUT2D eigenvalue weighted by Crippen LogP contribution is -2.12. The molecule has 0 unspecified atom stereocenters. The van der Waals surface area contributed by atoms with Crippen molar-refractivity contribution in [3.63, 3.8) is 0 Å². The van der Waals surface area contributed by atoms with E-state index in [1.54, 1.807) is 45.0 Å². The summed E-state index contributed by atoms with van der Waals surface area (Å²) in [5, 5.41) is 0.203. The Kier molecular flexibility index (Phi) is 18.7. The number of rotatable bonds is 7. The van der Waals surface area contributed by atoms with Crippen molar-refractivity contribution in [2.75, 3.05) is 0 Å². The van der Waals surface area contributed by atoms with Gasteiger partial charge in [0.2, 0.25) is 0 Å². The quantitative estimate of drug-likeness (QED) is 0.137. The predicted molar refractivity (Wildman–Crippen MR) is 189 cm³/mol. The molecule has 0 saturated carbocycles. The molecule has 294 valence electrons. The molecule has 4 rings (SSSR count). The molecule has 0 aliphatic carbocycles. The number of ether oxygens (including phenoxy) is 2. The van der Waals surface area contributed by atoms with Crippen molar-refractivity contribution < 1.29 is 53.4 Å². The van der Waals surface area contributed by atoms with Crippen LogP contribution in [0.3, 0.4) is 0 Å². The lowest BCUT2D eigenvalue weighted by atomic mass is 9.87.